The van der Waals surface area contributed by atoms with E-state index in [1.54, 1.807) is 0 Å². The highest BCUT2D eigenvalue weighted by molar-refractivity contribution is 4.81. The highest BCUT2D eigenvalue weighted by atomic mass is 16.5. The molecule has 0 aliphatic rings. The predicted octanol–water partition coefficient (Wildman–Crippen LogP) is 1.86. The Hall–Kier alpha value is -0.120. The molecule has 3 heteroatoms. The lowest BCUT2D eigenvalue weighted by molar-refractivity contribution is 0.0602. The molecule has 0 aromatic rings. The maximum atomic E-state index is 6.18. The van der Waals surface area contributed by atoms with Crippen LogP contribution in [-0.4, -0.2) is 43.3 Å². The number of ether oxygens (including phenoxy) is 1. The van der Waals surface area contributed by atoms with Crippen molar-refractivity contribution in [3.63, 3.8) is 0 Å². The van der Waals surface area contributed by atoms with E-state index >= 15 is 0 Å². The fraction of sp³-hybridized carbons (Fsp3) is 1.00. The molecule has 0 rings (SSSR count). The van der Waals surface area contributed by atoms with Crippen LogP contribution in [0.15, 0.2) is 0 Å². The first kappa shape index (κ1) is 14.9. The first-order valence-corrected chi connectivity index (χ1v) is 5.96. The van der Waals surface area contributed by atoms with Crippen LogP contribution in [0.25, 0.3) is 0 Å². The fourth-order valence-corrected chi connectivity index (χ4v) is 1.79. The summed E-state index contributed by atoms with van der Waals surface area (Å²) in [5, 5.41) is 0. The number of rotatable bonds is 8. The van der Waals surface area contributed by atoms with Gasteiger partial charge in [-0.05, 0) is 34.2 Å². The van der Waals surface area contributed by atoms with Gasteiger partial charge in [0.2, 0.25) is 0 Å². The molecule has 0 amide bonds. The van der Waals surface area contributed by atoms with Gasteiger partial charge in [0.1, 0.15) is 0 Å². The van der Waals surface area contributed by atoms with Crippen LogP contribution in [0.4, 0.5) is 0 Å². The molecule has 3 nitrogen and oxygen atoms in total. The van der Waals surface area contributed by atoms with Crippen molar-refractivity contribution in [2.45, 2.75) is 52.2 Å². The molecule has 0 radical (unpaired) electrons. The van der Waals surface area contributed by atoms with Gasteiger partial charge in [0.15, 0.2) is 0 Å². The molecule has 0 aliphatic heterocycles. The summed E-state index contributed by atoms with van der Waals surface area (Å²) in [5.41, 5.74) is 6.11. The third-order valence-corrected chi connectivity index (χ3v) is 2.38. The molecular formula is C12H28N2O. The van der Waals surface area contributed by atoms with Crippen LogP contribution < -0.4 is 5.73 Å². The summed E-state index contributed by atoms with van der Waals surface area (Å²) in [4.78, 5) is 2.25. The van der Waals surface area contributed by atoms with Gasteiger partial charge >= 0.3 is 0 Å². The van der Waals surface area contributed by atoms with Gasteiger partial charge in [-0.25, -0.2) is 0 Å². The summed E-state index contributed by atoms with van der Waals surface area (Å²) in [7, 11) is 2.10. The average molecular weight is 216 g/mol. The minimum absolute atomic E-state index is 0.0681. The van der Waals surface area contributed by atoms with Gasteiger partial charge in [-0.2, -0.15) is 0 Å². The first-order valence-electron chi connectivity index (χ1n) is 5.96. The molecular weight excluding hydrogens is 188 g/mol. The van der Waals surface area contributed by atoms with E-state index in [1.165, 1.54) is 0 Å². The topological polar surface area (TPSA) is 38.5 Å². The summed E-state index contributed by atoms with van der Waals surface area (Å²) in [6.07, 6.45) is 2.53. The van der Waals surface area contributed by atoms with Crippen molar-refractivity contribution in [1.29, 1.82) is 0 Å². The number of hydrogen-bond acceptors (Lipinski definition) is 3. The minimum atomic E-state index is -0.0681. The molecule has 0 spiro atoms. The molecule has 0 bridgehead atoms. The van der Waals surface area contributed by atoms with Gasteiger partial charge in [0, 0.05) is 18.6 Å². The zero-order chi connectivity index (χ0) is 11.9. The van der Waals surface area contributed by atoms with Crippen LogP contribution in [0.1, 0.15) is 40.5 Å². The zero-order valence-corrected chi connectivity index (χ0v) is 11.0. The fourth-order valence-electron chi connectivity index (χ4n) is 1.79. The molecule has 15 heavy (non-hydrogen) atoms. The van der Waals surface area contributed by atoms with Gasteiger partial charge in [-0.3, -0.25) is 0 Å². The molecule has 0 aromatic heterocycles. The van der Waals surface area contributed by atoms with Crippen molar-refractivity contribution in [3.8, 4) is 0 Å². The predicted molar refractivity (Wildman–Crippen MR) is 66.1 cm³/mol. The minimum Gasteiger partial charge on any atom is -0.377 e. The molecule has 92 valence electrons. The standard InChI is InChI=1S/C12H28N2O/c1-6-7-12(4,13)10-14(5)8-9-15-11(2)3/h11H,6-10,13H2,1-5H3. The van der Waals surface area contributed by atoms with Crippen LogP contribution in [0.3, 0.4) is 0 Å². The summed E-state index contributed by atoms with van der Waals surface area (Å²) < 4.78 is 5.50. The normalized spacial score (nSPS) is 16.0. The molecule has 1 atom stereocenters. The van der Waals surface area contributed by atoms with Crippen LogP contribution in [0.5, 0.6) is 0 Å². The Bertz CT molecular complexity index is 158. The molecule has 1 unspecified atom stereocenters. The maximum Gasteiger partial charge on any atom is 0.0596 e. The number of hydrogen-bond donors (Lipinski definition) is 1. The second-order valence-electron chi connectivity index (χ2n) is 5.06. The van der Waals surface area contributed by atoms with Crippen LogP contribution in [-0.2, 0) is 4.74 Å². The Morgan fingerprint density at radius 3 is 2.47 bits per heavy atom. The van der Waals surface area contributed by atoms with Crippen LogP contribution >= 0.6 is 0 Å². The van der Waals surface area contributed by atoms with Gasteiger partial charge in [-0.15, -0.1) is 0 Å². The quantitative estimate of drug-likeness (QED) is 0.673. The van der Waals surface area contributed by atoms with Crippen molar-refractivity contribution in [2.24, 2.45) is 5.73 Å². The van der Waals surface area contributed by atoms with E-state index in [-0.39, 0.29) is 5.54 Å². The number of likely N-dealkylation sites (N-methyl/N-ethyl adjacent to an activating group) is 1. The second-order valence-corrected chi connectivity index (χ2v) is 5.06. The molecule has 2 N–H and O–H groups in total. The zero-order valence-electron chi connectivity index (χ0n) is 11.0. The van der Waals surface area contributed by atoms with Crippen molar-refractivity contribution in [1.82, 2.24) is 4.90 Å². The highest BCUT2D eigenvalue weighted by Crippen LogP contribution is 2.09. The third-order valence-electron chi connectivity index (χ3n) is 2.38. The van der Waals surface area contributed by atoms with E-state index in [4.69, 9.17) is 10.5 Å². The van der Waals surface area contributed by atoms with Gasteiger partial charge in [0.25, 0.3) is 0 Å². The van der Waals surface area contributed by atoms with E-state index in [1.807, 2.05) is 0 Å². The van der Waals surface area contributed by atoms with Gasteiger partial charge < -0.3 is 15.4 Å². The van der Waals surface area contributed by atoms with E-state index < -0.39 is 0 Å². The first-order chi connectivity index (χ1) is 6.87. The number of nitrogens with zero attached hydrogens (tertiary/aromatic N) is 1. The van der Waals surface area contributed by atoms with Crippen molar-refractivity contribution in [3.05, 3.63) is 0 Å². The Balaban J connectivity index is 3.67. The number of nitrogens with two attached hydrogens (primary N) is 1. The van der Waals surface area contributed by atoms with Crippen LogP contribution in [0.2, 0.25) is 0 Å². The van der Waals surface area contributed by atoms with Crippen molar-refractivity contribution < 1.29 is 4.74 Å². The van der Waals surface area contributed by atoms with E-state index in [2.05, 4.69) is 39.6 Å². The smallest absolute Gasteiger partial charge is 0.0596 e. The lowest BCUT2D eigenvalue weighted by Gasteiger charge is -2.30. The Morgan fingerprint density at radius 2 is 2.00 bits per heavy atom. The Labute approximate surface area is 95.0 Å². The summed E-state index contributed by atoms with van der Waals surface area (Å²) in [6.45, 7) is 11.1. The molecule has 0 heterocycles. The largest absolute Gasteiger partial charge is 0.377 e. The van der Waals surface area contributed by atoms with E-state index in [0.717, 1.165) is 32.5 Å². The molecule has 0 fully saturated rings. The molecule has 0 saturated heterocycles. The molecule has 0 aromatic carbocycles. The van der Waals surface area contributed by atoms with Gasteiger partial charge in [-0.1, -0.05) is 13.3 Å². The maximum absolute atomic E-state index is 6.18. The monoisotopic (exact) mass is 216 g/mol. The second kappa shape index (κ2) is 7.20. The molecule has 0 saturated carbocycles. The average Bonchev–Trinajstić information content (AvgIpc) is 2.01. The van der Waals surface area contributed by atoms with Crippen molar-refractivity contribution in [2.75, 3.05) is 26.7 Å². The lowest BCUT2D eigenvalue weighted by atomic mass is 9.97. The van der Waals surface area contributed by atoms with E-state index in [9.17, 15) is 0 Å². The molecule has 0 aliphatic carbocycles. The lowest BCUT2D eigenvalue weighted by Crippen LogP contribution is -2.47. The summed E-state index contributed by atoms with van der Waals surface area (Å²) >= 11 is 0. The highest BCUT2D eigenvalue weighted by Gasteiger charge is 2.19. The summed E-state index contributed by atoms with van der Waals surface area (Å²) in [6, 6.07) is 0. The van der Waals surface area contributed by atoms with Crippen LogP contribution in [0, 0.1) is 0 Å². The summed E-state index contributed by atoms with van der Waals surface area (Å²) in [5.74, 6) is 0. The van der Waals surface area contributed by atoms with E-state index in [0.29, 0.717) is 6.10 Å². The Morgan fingerprint density at radius 1 is 1.40 bits per heavy atom. The van der Waals surface area contributed by atoms with Gasteiger partial charge in [0.05, 0.1) is 12.7 Å². The Kier molecular flexibility index (Phi) is 7.14. The van der Waals surface area contributed by atoms with Crippen molar-refractivity contribution >= 4 is 0 Å². The third kappa shape index (κ3) is 8.85. The SMILES string of the molecule is CCCC(C)(N)CN(C)CCOC(C)C.